The largest absolute Gasteiger partial charge is 0.348 e. The van der Waals surface area contributed by atoms with Crippen LogP contribution in [0.15, 0.2) is 24.3 Å². The molecule has 0 radical (unpaired) electrons. The van der Waals surface area contributed by atoms with Crippen LogP contribution in [0.4, 0.5) is 0 Å². The Bertz CT molecular complexity index is 625. The molecule has 0 saturated carbocycles. The van der Waals surface area contributed by atoms with Crippen LogP contribution in [0.3, 0.4) is 0 Å². The van der Waals surface area contributed by atoms with Crippen LogP contribution in [0.25, 0.3) is 10.2 Å². The highest BCUT2D eigenvalue weighted by atomic mass is 32.1. The minimum Gasteiger partial charge on any atom is -0.348 e. The Kier molecular flexibility index (Phi) is 4.57. The predicted molar refractivity (Wildman–Crippen MR) is 83.9 cm³/mol. The number of para-hydroxylation sites is 1. The lowest BCUT2D eigenvalue weighted by Gasteiger charge is -2.17. The first-order valence-corrected chi connectivity index (χ1v) is 7.57. The van der Waals surface area contributed by atoms with Gasteiger partial charge in [-0.2, -0.15) is 0 Å². The third-order valence-corrected chi connectivity index (χ3v) is 3.90. The number of nitrogens with one attached hydrogen (secondary N) is 2. The monoisotopic (exact) mass is 305 g/mol. The Labute approximate surface area is 127 Å². The molecule has 1 aromatic heterocycles. The second kappa shape index (κ2) is 6.22. The number of rotatable bonds is 4. The highest BCUT2D eigenvalue weighted by Gasteiger charge is 2.21. The quantitative estimate of drug-likeness (QED) is 0.908. The third-order valence-electron chi connectivity index (χ3n) is 2.87. The summed E-state index contributed by atoms with van der Waals surface area (Å²) in [6, 6.07) is 7.85. The number of carbonyl (C=O) groups is 2. The number of carbonyl (C=O) groups excluding carboxylic acids is 2. The predicted octanol–water partition coefficient (Wildman–Crippen LogP) is 2.07. The van der Waals surface area contributed by atoms with E-state index in [4.69, 9.17) is 0 Å². The van der Waals surface area contributed by atoms with Crippen LogP contribution >= 0.6 is 11.3 Å². The first kappa shape index (κ1) is 15.4. The van der Waals surface area contributed by atoms with E-state index in [1.54, 1.807) is 32.1 Å². The van der Waals surface area contributed by atoms with Gasteiger partial charge in [-0.25, -0.2) is 4.98 Å². The van der Waals surface area contributed by atoms with Crippen molar-refractivity contribution in [2.24, 2.45) is 5.41 Å². The molecule has 2 amide bonds. The van der Waals surface area contributed by atoms with Crippen molar-refractivity contribution in [3.05, 3.63) is 29.3 Å². The number of hydrogen-bond donors (Lipinski definition) is 2. The van der Waals surface area contributed by atoms with E-state index < -0.39 is 5.41 Å². The van der Waals surface area contributed by atoms with Gasteiger partial charge in [0.2, 0.25) is 11.8 Å². The lowest BCUT2D eigenvalue weighted by Crippen LogP contribution is -2.41. The van der Waals surface area contributed by atoms with Crippen LogP contribution in [-0.4, -0.2) is 23.3 Å². The van der Waals surface area contributed by atoms with Gasteiger partial charge in [0.05, 0.1) is 23.3 Å². The number of aromatic nitrogens is 1. The van der Waals surface area contributed by atoms with E-state index in [-0.39, 0.29) is 18.4 Å². The summed E-state index contributed by atoms with van der Waals surface area (Å²) in [6.07, 6.45) is 0. The van der Waals surface area contributed by atoms with Crippen LogP contribution < -0.4 is 10.6 Å². The van der Waals surface area contributed by atoms with Crippen LogP contribution in [0.1, 0.15) is 25.8 Å². The van der Waals surface area contributed by atoms with Crippen molar-refractivity contribution < 1.29 is 9.59 Å². The molecule has 2 N–H and O–H groups in total. The van der Waals surface area contributed by atoms with Gasteiger partial charge in [0.15, 0.2) is 0 Å². The summed E-state index contributed by atoms with van der Waals surface area (Å²) >= 11 is 1.55. The number of nitrogens with zero attached hydrogens (tertiary/aromatic N) is 1. The second-order valence-corrected chi connectivity index (χ2v) is 6.90. The topological polar surface area (TPSA) is 71.1 Å². The summed E-state index contributed by atoms with van der Waals surface area (Å²) in [5, 5.41) is 6.23. The number of fused-ring (bicyclic) bond motifs is 1. The molecule has 0 aliphatic carbocycles. The highest BCUT2D eigenvalue weighted by molar-refractivity contribution is 7.18. The van der Waals surface area contributed by atoms with Gasteiger partial charge >= 0.3 is 0 Å². The normalized spacial score (nSPS) is 11.4. The molecule has 5 nitrogen and oxygen atoms in total. The lowest BCUT2D eigenvalue weighted by molar-refractivity contribution is -0.131. The minimum absolute atomic E-state index is 0.0129. The molecule has 2 rings (SSSR count). The molecular weight excluding hydrogens is 286 g/mol. The second-order valence-electron chi connectivity index (χ2n) is 5.78. The van der Waals surface area contributed by atoms with Gasteiger partial charge < -0.3 is 10.6 Å². The summed E-state index contributed by atoms with van der Waals surface area (Å²) in [4.78, 5) is 27.8. The van der Waals surface area contributed by atoms with Crippen molar-refractivity contribution >= 4 is 33.4 Å². The first-order valence-electron chi connectivity index (χ1n) is 6.76. The fourth-order valence-corrected chi connectivity index (χ4v) is 2.57. The van der Waals surface area contributed by atoms with Crippen molar-refractivity contribution in [1.29, 1.82) is 0 Å². The SMILES string of the molecule is CC(C)(C)C(=O)NCC(=O)NCc1nc2ccccc2s1. The molecule has 1 heterocycles. The highest BCUT2D eigenvalue weighted by Crippen LogP contribution is 2.21. The Balaban J connectivity index is 1.82. The van der Waals surface area contributed by atoms with E-state index in [1.807, 2.05) is 24.3 Å². The minimum atomic E-state index is -0.493. The fraction of sp³-hybridized carbons (Fsp3) is 0.400. The average Bonchev–Trinajstić information content (AvgIpc) is 2.84. The Morgan fingerprint density at radius 2 is 1.90 bits per heavy atom. The molecule has 0 aliphatic heterocycles. The number of amides is 2. The number of benzene rings is 1. The molecule has 0 spiro atoms. The Morgan fingerprint density at radius 3 is 2.57 bits per heavy atom. The lowest BCUT2D eigenvalue weighted by atomic mass is 9.96. The molecule has 0 unspecified atom stereocenters. The standard InChI is InChI=1S/C15H19N3O2S/c1-15(2,3)14(20)17-8-12(19)16-9-13-18-10-6-4-5-7-11(10)21-13/h4-7H,8-9H2,1-3H3,(H,16,19)(H,17,20). The molecule has 6 heteroatoms. The summed E-state index contributed by atoms with van der Waals surface area (Å²) in [6.45, 7) is 5.79. The zero-order valence-corrected chi connectivity index (χ0v) is 13.2. The van der Waals surface area contributed by atoms with Crippen LogP contribution in [0.2, 0.25) is 0 Å². The maximum absolute atomic E-state index is 11.7. The van der Waals surface area contributed by atoms with Gasteiger partial charge in [-0.3, -0.25) is 9.59 Å². The van der Waals surface area contributed by atoms with Gasteiger partial charge in [-0.15, -0.1) is 11.3 Å². The molecular formula is C15H19N3O2S. The zero-order chi connectivity index (χ0) is 15.5. The maximum atomic E-state index is 11.7. The molecule has 0 aliphatic rings. The molecule has 0 atom stereocenters. The van der Waals surface area contributed by atoms with Crippen molar-refractivity contribution in [3.63, 3.8) is 0 Å². The van der Waals surface area contributed by atoms with E-state index in [0.717, 1.165) is 15.2 Å². The van der Waals surface area contributed by atoms with Crippen molar-refractivity contribution in [1.82, 2.24) is 15.6 Å². The van der Waals surface area contributed by atoms with Gasteiger partial charge in [0.1, 0.15) is 5.01 Å². The summed E-state index contributed by atoms with van der Waals surface area (Å²) < 4.78 is 1.10. The molecule has 1 aromatic carbocycles. The molecule has 112 valence electrons. The summed E-state index contributed by atoms with van der Waals surface area (Å²) in [5.41, 5.74) is 0.445. The van der Waals surface area contributed by atoms with E-state index in [1.165, 1.54) is 0 Å². The van der Waals surface area contributed by atoms with Crippen molar-refractivity contribution in [2.45, 2.75) is 27.3 Å². The smallest absolute Gasteiger partial charge is 0.239 e. The molecule has 2 aromatic rings. The van der Waals surface area contributed by atoms with Gasteiger partial charge in [-0.1, -0.05) is 32.9 Å². The van der Waals surface area contributed by atoms with Gasteiger partial charge in [-0.05, 0) is 12.1 Å². The van der Waals surface area contributed by atoms with Crippen LogP contribution in [0, 0.1) is 5.41 Å². The third kappa shape index (κ3) is 4.26. The molecule has 0 saturated heterocycles. The number of thiazole rings is 1. The van der Waals surface area contributed by atoms with E-state index in [9.17, 15) is 9.59 Å². The first-order chi connectivity index (χ1) is 9.86. The molecule has 0 bridgehead atoms. The maximum Gasteiger partial charge on any atom is 0.239 e. The van der Waals surface area contributed by atoms with E-state index >= 15 is 0 Å². The van der Waals surface area contributed by atoms with Crippen LogP contribution in [-0.2, 0) is 16.1 Å². The fourth-order valence-electron chi connectivity index (χ4n) is 1.66. The Hall–Kier alpha value is -1.95. The van der Waals surface area contributed by atoms with E-state index in [2.05, 4.69) is 15.6 Å². The Morgan fingerprint density at radius 1 is 1.19 bits per heavy atom. The van der Waals surface area contributed by atoms with Crippen LogP contribution in [0.5, 0.6) is 0 Å². The average molecular weight is 305 g/mol. The van der Waals surface area contributed by atoms with Crippen molar-refractivity contribution in [2.75, 3.05) is 6.54 Å². The molecule has 0 fully saturated rings. The summed E-state index contributed by atoms with van der Waals surface area (Å²) in [7, 11) is 0. The zero-order valence-electron chi connectivity index (χ0n) is 12.4. The van der Waals surface area contributed by atoms with Crippen molar-refractivity contribution in [3.8, 4) is 0 Å². The molecule has 21 heavy (non-hydrogen) atoms. The number of hydrogen-bond acceptors (Lipinski definition) is 4. The summed E-state index contributed by atoms with van der Waals surface area (Å²) in [5.74, 6) is -0.357. The van der Waals surface area contributed by atoms with E-state index in [0.29, 0.717) is 6.54 Å². The van der Waals surface area contributed by atoms with Gasteiger partial charge in [0.25, 0.3) is 0 Å². The van der Waals surface area contributed by atoms with Gasteiger partial charge in [0, 0.05) is 5.41 Å².